The Bertz CT molecular complexity index is 4850. The predicted molar refractivity (Wildman–Crippen MR) is 332 cm³/mol. The van der Waals surface area contributed by atoms with E-state index in [0.717, 1.165) is 145 Å². The van der Waals surface area contributed by atoms with Crippen LogP contribution in [0.15, 0.2) is 241 Å². The third kappa shape index (κ3) is 10.3. The molecule has 0 bridgehead atoms. The molecule has 0 saturated carbocycles. The molecule has 0 atom stereocenters. The summed E-state index contributed by atoms with van der Waals surface area (Å²) in [4.78, 5) is 29.5. The van der Waals surface area contributed by atoms with E-state index in [1.54, 1.807) is 6.20 Å². The number of fused-ring (bicyclic) bond motifs is 4. The Morgan fingerprint density at radius 2 is 0.964 bits per heavy atom. The van der Waals surface area contributed by atoms with E-state index in [2.05, 4.69) is 194 Å². The summed E-state index contributed by atoms with van der Waals surface area (Å²) in [7, 11) is 0. The standard InChI is InChI=1S/C46H32N4.C28H19N3O.2Pt/c1-30-31(2)48-44-39(30)20-12-22-41(44)46-49-45-40(21-13-23-43(45)50(46)38-18-10-5-11-19-38)36-26-35(33-16-8-4-9-17-33)27-37(28-36)42-29-34(24-25-47-42)32-14-6-3-7-15-32;1-17-18(2)30-26-21(17)10-6-12-23(26)28-31-27-22(11-7-14-25(27)32-28)19-8-5-9-20(16-19)24-13-3-4-15-29-24;;/h3-27,29H,1-2H3;3-15H,1-2H3;;/q2*-2;2*+2. The summed E-state index contributed by atoms with van der Waals surface area (Å²) in [6.45, 7) is 8.36. The van der Waals surface area contributed by atoms with Crippen molar-refractivity contribution in [3.05, 3.63) is 271 Å². The molecule has 0 unspecified atom stereocenters. The molecule has 84 heavy (non-hydrogen) atoms. The summed E-state index contributed by atoms with van der Waals surface area (Å²) in [6, 6.07) is 84.3. The number of oxazole rings is 1. The first kappa shape index (κ1) is 55.2. The molecule has 0 N–H and O–H groups in total. The van der Waals surface area contributed by atoms with E-state index in [1.807, 2.05) is 85.9 Å². The minimum absolute atomic E-state index is 0. The van der Waals surface area contributed by atoms with Crippen molar-refractivity contribution in [2.24, 2.45) is 0 Å². The van der Waals surface area contributed by atoms with Gasteiger partial charge in [0.05, 0.1) is 16.6 Å². The second kappa shape index (κ2) is 23.5. The van der Waals surface area contributed by atoms with Crippen LogP contribution in [-0.2, 0) is 42.1 Å². The topological polar surface area (TPSA) is 97.8 Å². The van der Waals surface area contributed by atoms with Gasteiger partial charge in [-0.2, -0.15) is 11.4 Å². The van der Waals surface area contributed by atoms with Gasteiger partial charge in [0.15, 0.2) is 0 Å². The molecule has 408 valence electrons. The summed E-state index contributed by atoms with van der Waals surface area (Å²) in [5, 5.41) is 2.30. The molecule has 15 rings (SSSR count). The van der Waals surface area contributed by atoms with E-state index in [4.69, 9.17) is 29.3 Å². The van der Waals surface area contributed by atoms with E-state index in [0.29, 0.717) is 5.89 Å². The van der Waals surface area contributed by atoms with Crippen molar-refractivity contribution in [1.29, 1.82) is 0 Å². The maximum Gasteiger partial charge on any atom is 2.00 e. The van der Waals surface area contributed by atoms with Gasteiger partial charge in [0, 0.05) is 40.6 Å². The maximum atomic E-state index is 6.21. The van der Waals surface area contributed by atoms with Crippen LogP contribution in [0.4, 0.5) is 0 Å². The van der Waals surface area contributed by atoms with Crippen LogP contribution in [0.25, 0.3) is 139 Å². The number of imidazole rings is 1. The molecule has 9 aromatic carbocycles. The number of aromatic nitrogens is 7. The minimum Gasteiger partial charge on any atom is -0.660 e. The van der Waals surface area contributed by atoms with Gasteiger partial charge in [0.2, 0.25) is 5.89 Å². The van der Waals surface area contributed by atoms with Gasteiger partial charge in [-0.1, -0.05) is 211 Å². The number of pyridine rings is 2. The molecular weight excluding hydrogens is 1390 g/mol. The smallest absolute Gasteiger partial charge is 0.660 e. The Balaban J connectivity index is 0.000000177. The largest absolute Gasteiger partial charge is 2.00 e. The zero-order valence-corrected chi connectivity index (χ0v) is 50.7. The first-order valence-electron chi connectivity index (χ1n) is 27.4. The van der Waals surface area contributed by atoms with Crippen molar-refractivity contribution < 1.29 is 46.5 Å². The van der Waals surface area contributed by atoms with Gasteiger partial charge in [-0.25, -0.2) is 9.97 Å². The molecular formula is C74H51N7OPt2. The van der Waals surface area contributed by atoms with Crippen molar-refractivity contribution in [2.75, 3.05) is 0 Å². The number of rotatable bonds is 9. The zero-order chi connectivity index (χ0) is 55.3. The number of nitrogens with zero attached hydrogens (tertiary/aromatic N) is 7. The molecule has 15 aromatic rings. The Kier molecular flexibility index (Phi) is 15.5. The monoisotopic (exact) mass is 1440 g/mol. The number of hydrogen-bond donors (Lipinski definition) is 0. The van der Waals surface area contributed by atoms with Crippen LogP contribution in [-0.4, -0.2) is 24.5 Å². The minimum atomic E-state index is 0. The molecule has 0 aliphatic rings. The summed E-state index contributed by atoms with van der Waals surface area (Å²) < 4.78 is 8.47. The summed E-state index contributed by atoms with van der Waals surface area (Å²) >= 11 is 0. The van der Waals surface area contributed by atoms with Crippen LogP contribution < -0.4 is 9.97 Å². The molecule has 6 heterocycles. The fraction of sp³-hybridized carbons (Fsp3) is 0.0541. The van der Waals surface area contributed by atoms with E-state index in [1.165, 1.54) is 11.1 Å². The average Bonchev–Trinajstić information content (AvgIpc) is 2.23. The van der Waals surface area contributed by atoms with Crippen LogP contribution in [0.5, 0.6) is 0 Å². The van der Waals surface area contributed by atoms with Crippen molar-refractivity contribution in [2.45, 2.75) is 27.7 Å². The van der Waals surface area contributed by atoms with Gasteiger partial charge in [0.25, 0.3) is 0 Å². The quantitative estimate of drug-likeness (QED) is 0.133. The van der Waals surface area contributed by atoms with E-state index in [9.17, 15) is 0 Å². The van der Waals surface area contributed by atoms with Gasteiger partial charge in [-0.05, 0) is 77.7 Å². The van der Waals surface area contributed by atoms with Crippen LogP contribution >= 0.6 is 0 Å². The second-order valence-electron chi connectivity index (χ2n) is 20.6. The Morgan fingerprint density at radius 1 is 0.405 bits per heavy atom. The van der Waals surface area contributed by atoms with Crippen LogP contribution in [0.3, 0.4) is 0 Å². The molecule has 0 saturated heterocycles. The number of benzene rings is 9. The normalized spacial score (nSPS) is 11.1. The van der Waals surface area contributed by atoms with Crippen molar-refractivity contribution in [1.82, 2.24) is 34.5 Å². The Hall–Kier alpha value is -9.32. The maximum absolute atomic E-state index is 6.21. The summed E-state index contributed by atoms with van der Waals surface area (Å²) in [5.41, 5.74) is 24.8. The third-order valence-corrected chi connectivity index (χ3v) is 15.5. The van der Waals surface area contributed by atoms with Gasteiger partial charge < -0.3 is 14.4 Å². The Labute approximate surface area is 515 Å². The molecule has 0 radical (unpaired) electrons. The van der Waals surface area contributed by atoms with Crippen LogP contribution in [0, 0.1) is 39.8 Å². The first-order valence-corrected chi connectivity index (χ1v) is 27.4. The van der Waals surface area contributed by atoms with Crippen LogP contribution in [0.1, 0.15) is 22.5 Å². The van der Waals surface area contributed by atoms with Crippen molar-refractivity contribution in [3.63, 3.8) is 0 Å². The fourth-order valence-corrected chi connectivity index (χ4v) is 11.1. The third-order valence-electron chi connectivity index (χ3n) is 15.5. The molecule has 10 heteroatoms. The van der Waals surface area contributed by atoms with Gasteiger partial charge in [-0.3, -0.25) is 14.5 Å². The molecule has 0 spiro atoms. The van der Waals surface area contributed by atoms with Crippen molar-refractivity contribution >= 4 is 43.9 Å². The van der Waals surface area contributed by atoms with E-state index >= 15 is 0 Å². The van der Waals surface area contributed by atoms with Gasteiger partial charge in [0.1, 0.15) is 11.4 Å². The van der Waals surface area contributed by atoms with Gasteiger partial charge in [-0.15, -0.1) is 64.6 Å². The first-order chi connectivity index (χ1) is 40.3. The average molecular weight is 1440 g/mol. The molecule has 0 amide bonds. The van der Waals surface area contributed by atoms with Crippen LogP contribution in [0.2, 0.25) is 0 Å². The van der Waals surface area contributed by atoms with Crippen molar-refractivity contribution in [3.8, 4) is 95.6 Å². The van der Waals surface area contributed by atoms with Gasteiger partial charge >= 0.3 is 42.1 Å². The van der Waals surface area contributed by atoms with E-state index < -0.39 is 0 Å². The summed E-state index contributed by atoms with van der Waals surface area (Å²) in [5.74, 6) is 1.44. The molecule has 0 aliphatic carbocycles. The summed E-state index contributed by atoms with van der Waals surface area (Å²) in [6.07, 6.45) is 3.68. The second-order valence-corrected chi connectivity index (χ2v) is 20.6. The molecule has 0 fully saturated rings. The van der Waals surface area contributed by atoms with E-state index in [-0.39, 0.29) is 42.1 Å². The predicted octanol–water partition coefficient (Wildman–Crippen LogP) is 18.0. The zero-order valence-electron chi connectivity index (χ0n) is 46.2. The number of para-hydroxylation sites is 5. The number of aryl methyl sites for hydroxylation is 4. The Morgan fingerprint density at radius 3 is 1.67 bits per heavy atom. The molecule has 8 nitrogen and oxygen atoms in total. The fourth-order valence-electron chi connectivity index (χ4n) is 11.1. The number of hydrogen-bond acceptors (Lipinski definition) is 5. The SMILES string of the molecule is Cc1[n-]c2c(-c3nc4c(-c5[c-]c(-c6cc(-c7ccccc7)ccn6)cc(-c6ccccc6)c5)cccc4n3-c3ccccc3)cccc2c1C.Cc1[n-]c2c(-c3nc4c(-c5[c-]c(-c6ccccn6)ccc5)cccc4o3)cccc2c1C.[Pt+2].[Pt+2]. The molecule has 6 aromatic heterocycles. The molecule has 0 aliphatic heterocycles.